The summed E-state index contributed by atoms with van der Waals surface area (Å²) in [7, 11) is 0. The number of nitrogens with zero attached hydrogens (tertiary/aromatic N) is 2. The van der Waals surface area contributed by atoms with Crippen LogP contribution in [0.25, 0.3) is 10.9 Å². The predicted molar refractivity (Wildman–Crippen MR) is 104 cm³/mol. The summed E-state index contributed by atoms with van der Waals surface area (Å²) in [5.74, 6) is 0. The van der Waals surface area contributed by atoms with Crippen LogP contribution in [-0.2, 0) is 13.0 Å². The number of fused-ring (bicyclic) bond motifs is 1. The third-order valence-corrected chi connectivity index (χ3v) is 5.12. The molecule has 4 heteroatoms. The zero-order chi connectivity index (χ0) is 17.2. The molecule has 25 heavy (non-hydrogen) atoms. The molecule has 0 saturated carbocycles. The third-order valence-electron chi connectivity index (χ3n) is 5.12. The molecule has 1 fully saturated rings. The van der Waals surface area contributed by atoms with Gasteiger partial charge >= 0.3 is 0 Å². The number of pyridine rings is 1. The average molecular weight is 332 g/mol. The van der Waals surface area contributed by atoms with Crippen molar-refractivity contribution in [3.8, 4) is 0 Å². The quantitative estimate of drug-likeness (QED) is 0.766. The fourth-order valence-electron chi connectivity index (χ4n) is 3.69. The van der Waals surface area contributed by atoms with E-state index in [1.54, 1.807) is 0 Å². The first-order chi connectivity index (χ1) is 12.2. The maximum atomic E-state index is 6.31. The lowest BCUT2D eigenvalue weighted by atomic mass is 10.00. The van der Waals surface area contributed by atoms with Crippen molar-refractivity contribution in [1.29, 1.82) is 0 Å². The molecule has 0 atom stereocenters. The lowest BCUT2D eigenvalue weighted by Gasteiger charge is -2.18. The number of rotatable bonds is 4. The summed E-state index contributed by atoms with van der Waals surface area (Å²) >= 11 is 0. The van der Waals surface area contributed by atoms with Crippen LogP contribution in [0.2, 0.25) is 0 Å². The van der Waals surface area contributed by atoms with Gasteiger partial charge in [0, 0.05) is 18.4 Å². The molecule has 3 aromatic rings. The molecular weight excluding hydrogens is 308 g/mol. The van der Waals surface area contributed by atoms with Gasteiger partial charge in [0.25, 0.3) is 0 Å². The fourth-order valence-corrected chi connectivity index (χ4v) is 3.69. The first-order valence-corrected chi connectivity index (χ1v) is 8.94. The molecule has 4 rings (SSSR count). The largest absolute Gasteiger partial charge is 0.396 e. The van der Waals surface area contributed by atoms with Crippen molar-refractivity contribution in [2.45, 2.75) is 25.8 Å². The normalized spacial score (nSPS) is 15.0. The van der Waals surface area contributed by atoms with Gasteiger partial charge in [-0.25, -0.2) is 0 Å². The Morgan fingerprint density at radius 3 is 2.32 bits per heavy atom. The molecule has 0 spiro atoms. The van der Waals surface area contributed by atoms with Gasteiger partial charge in [0.2, 0.25) is 0 Å². The van der Waals surface area contributed by atoms with E-state index in [2.05, 4.69) is 29.2 Å². The standard InChI is InChI=1S/C21H24N4/c22-20-17-9-3-4-10-18(17)24-19(21(20)23)13-15-7-1-2-8-16(15)14-25-11-5-6-12-25/h1-4,7-10H,5-6,11-14,23H2,(H2,22,24). The van der Waals surface area contributed by atoms with Crippen LogP contribution < -0.4 is 11.5 Å². The number of anilines is 2. The third kappa shape index (κ3) is 3.17. The molecule has 4 nitrogen and oxygen atoms in total. The predicted octanol–water partition coefficient (Wildman–Crippen LogP) is 3.59. The van der Waals surface area contributed by atoms with E-state index in [0.717, 1.165) is 23.1 Å². The topological polar surface area (TPSA) is 68.2 Å². The Kier molecular flexibility index (Phi) is 4.28. The highest BCUT2D eigenvalue weighted by atomic mass is 15.1. The van der Waals surface area contributed by atoms with E-state index < -0.39 is 0 Å². The molecule has 1 aromatic heterocycles. The van der Waals surface area contributed by atoms with Crippen LogP contribution in [0.4, 0.5) is 11.4 Å². The van der Waals surface area contributed by atoms with Crippen molar-refractivity contribution < 1.29 is 0 Å². The summed E-state index contributed by atoms with van der Waals surface area (Å²) in [6.07, 6.45) is 3.32. The van der Waals surface area contributed by atoms with Gasteiger partial charge in [-0.05, 0) is 43.1 Å². The van der Waals surface area contributed by atoms with Crippen molar-refractivity contribution in [3.05, 3.63) is 65.4 Å². The first kappa shape index (κ1) is 15.9. The van der Waals surface area contributed by atoms with Crippen molar-refractivity contribution in [3.63, 3.8) is 0 Å². The molecular formula is C21H24N4. The second kappa shape index (κ2) is 6.73. The van der Waals surface area contributed by atoms with E-state index in [0.29, 0.717) is 17.8 Å². The fraction of sp³-hybridized carbons (Fsp3) is 0.286. The minimum atomic E-state index is 0.606. The molecule has 128 valence electrons. The molecule has 1 aliphatic heterocycles. The van der Waals surface area contributed by atoms with Crippen LogP contribution in [0.1, 0.15) is 29.7 Å². The van der Waals surface area contributed by atoms with Crippen molar-refractivity contribution in [2.24, 2.45) is 0 Å². The number of aromatic nitrogens is 1. The Labute approximate surface area is 148 Å². The van der Waals surface area contributed by atoms with E-state index >= 15 is 0 Å². The van der Waals surface area contributed by atoms with Crippen LogP contribution in [0.3, 0.4) is 0 Å². The van der Waals surface area contributed by atoms with Crippen molar-refractivity contribution in [1.82, 2.24) is 9.88 Å². The second-order valence-electron chi connectivity index (χ2n) is 6.83. The van der Waals surface area contributed by atoms with Gasteiger partial charge in [-0.15, -0.1) is 0 Å². The molecule has 0 aliphatic carbocycles. The van der Waals surface area contributed by atoms with Crippen LogP contribution in [0, 0.1) is 0 Å². The van der Waals surface area contributed by atoms with Gasteiger partial charge in [-0.2, -0.15) is 0 Å². The summed E-state index contributed by atoms with van der Waals surface area (Å²) < 4.78 is 0. The highest BCUT2D eigenvalue weighted by molar-refractivity contribution is 5.96. The minimum absolute atomic E-state index is 0.606. The average Bonchev–Trinajstić information content (AvgIpc) is 3.14. The number of likely N-dealkylation sites (tertiary alicyclic amines) is 1. The summed E-state index contributed by atoms with van der Waals surface area (Å²) in [4.78, 5) is 7.30. The number of benzene rings is 2. The summed E-state index contributed by atoms with van der Waals surface area (Å²) in [6, 6.07) is 16.5. The lowest BCUT2D eigenvalue weighted by Crippen LogP contribution is -2.19. The zero-order valence-electron chi connectivity index (χ0n) is 14.4. The molecule has 2 aromatic carbocycles. The molecule has 0 unspecified atom stereocenters. The zero-order valence-corrected chi connectivity index (χ0v) is 14.4. The van der Waals surface area contributed by atoms with Gasteiger partial charge in [0.15, 0.2) is 0 Å². The van der Waals surface area contributed by atoms with Gasteiger partial charge in [0.1, 0.15) is 0 Å². The first-order valence-electron chi connectivity index (χ1n) is 8.94. The van der Waals surface area contributed by atoms with Gasteiger partial charge in [-0.3, -0.25) is 9.88 Å². The van der Waals surface area contributed by atoms with Crippen LogP contribution >= 0.6 is 0 Å². The Morgan fingerprint density at radius 2 is 1.52 bits per heavy atom. The van der Waals surface area contributed by atoms with Crippen molar-refractivity contribution >= 4 is 22.3 Å². The molecule has 1 aliphatic rings. The molecule has 1 saturated heterocycles. The van der Waals surface area contributed by atoms with Gasteiger partial charge in [0.05, 0.1) is 22.6 Å². The Balaban J connectivity index is 1.68. The Bertz CT molecular complexity index is 898. The maximum absolute atomic E-state index is 6.31. The number of hydrogen-bond donors (Lipinski definition) is 2. The van der Waals surface area contributed by atoms with Gasteiger partial charge in [-0.1, -0.05) is 42.5 Å². The van der Waals surface area contributed by atoms with E-state index in [4.69, 9.17) is 16.5 Å². The maximum Gasteiger partial charge on any atom is 0.0777 e. The Morgan fingerprint density at radius 1 is 0.840 bits per heavy atom. The molecule has 0 amide bonds. The highest BCUT2D eigenvalue weighted by Crippen LogP contribution is 2.30. The SMILES string of the molecule is Nc1c(Cc2ccccc2CN2CCCC2)nc2ccccc2c1N. The van der Waals surface area contributed by atoms with Crippen LogP contribution in [0.15, 0.2) is 48.5 Å². The van der Waals surface area contributed by atoms with E-state index in [1.807, 2.05) is 24.3 Å². The number of hydrogen-bond acceptors (Lipinski definition) is 4. The van der Waals surface area contributed by atoms with E-state index in [1.165, 1.54) is 37.1 Å². The summed E-state index contributed by atoms with van der Waals surface area (Å²) in [6.45, 7) is 3.38. The number of nitrogens with two attached hydrogens (primary N) is 2. The van der Waals surface area contributed by atoms with E-state index in [-0.39, 0.29) is 0 Å². The highest BCUT2D eigenvalue weighted by Gasteiger charge is 2.16. The summed E-state index contributed by atoms with van der Waals surface area (Å²) in [5, 5.41) is 0.925. The second-order valence-corrected chi connectivity index (χ2v) is 6.83. The summed E-state index contributed by atoms with van der Waals surface area (Å²) in [5.41, 5.74) is 18.2. The van der Waals surface area contributed by atoms with Crippen molar-refractivity contribution in [2.75, 3.05) is 24.6 Å². The monoisotopic (exact) mass is 332 g/mol. The number of nitrogen functional groups attached to an aromatic ring is 2. The smallest absolute Gasteiger partial charge is 0.0777 e. The lowest BCUT2D eigenvalue weighted by molar-refractivity contribution is 0.330. The molecule has 4 N–H and O–H groups in total. The minimum Gasteiger partial charge on any atom is -0.396 e. The molecule has 2 heterocycles. The van der Waals surface area contributed by atoms with Gasteiger partial charge < -0.3 is 11.5 Å². The Hall–Kier alpha value is -2.59. The van der Waals surface area contributed by atoms with Crippen LogP contribution in [-0.4, -0.2) is 23.0 Å². The van der Waals surface area contributed by atoms with E-state index in [9.17, 15) is 0 Å². The molecule has 0 radical (unpaired) electrons. The van der Waals surface area contributed by atoms with Crippen LogP contribution in [0.5, 0.6) is 0 Å². The number of para-hydroxylation sites is 1. The molecule has 0 bridgehead atoms.